The summed E-state index contributed by atoms with van der Waals surface area (Å²) < 4.78 is 10.5. The first-order chi connectivity index (χ1) is 9.70. The van der Waals surface area contributed by atoms with Gasteiger partial charge >= 0.3 is 6.09 Å². The summed E-state index contributed by atoms with van der Waals surface area (Å²) in [6.45, 7) is 4.52. The van der Waals surface area contributed by atoms with Crippen LogP contribution in [0.3, 0.4) is 0 Å². The van der Waals surface area contributed by atoms with Gasteiger partial charge in [-0.05, 0) is 6.42 Å². The zero-order valence-corrected chi connectivity index (χ0v) is 11.7. The maximum absolute atomic E-state index is 11.8. The van der Waals surface area contributed by atoms with Crippen molar-refractivity contribution in [1.82, 2.24) is 14.9 Å². The van der Waals surface area contributed by atoms with Crippen molar-refractivity contribution in [3.05, 3.63) is 12.4 Å². The van der Waals surface area contributed by atoms with Crippen molar-refractivity contribution >= 4 is 11.9 Å². The van der Waals surface area contributed by atoms with Gasteiger partial charge in [0.1, 0.15) is 6.61 Å². The van der Waals surface area contributed by atoms with Crippen LogP contribution in [0.25, 0.3) is 0 Å². The summed E-state index contributed by atoms with van der Waals surface area (Å²) in [6.07, 6.45) is 3.89. The van der Waals surface area contributed by atoms with Crippen molar-refractivity contribution in [1.29, 1.82) is 0 Å². The fraction of sp³-hybridized carbons (Fsp3) is 0.615. The summed E-state index contributed by atoms with van der Waals surface area (Å²) in [5, 5.41) is 0. The van der Waals surface area contributed by atoms with Crippen molar-refractivity contribution in [3.63, 3.8) is 0 Å². The number of hydrogen-bond donors (Lipinski definition) is 0. The summed E-state index contributed by atoms with van der Waals surface area (Å²) in [7, 11) is 1.58. The van der Waals surface area contributed by atoms with E-state index in [1.54, 1.807) is 19.5 Å². The van der Waals surface area contributed by atoms with Gasteiger partial charge in [0.2, 0.25) is 0 Å². The summed E-state index contributed by atoms with van der Waals surface area (Å²) in [5.74, 6) is 1.24. The number of cyclic esters (lactones) is 1. The molecule has 2 fully saturated rings. The predicted molar refractivity (Wildman–Crippen MR) is 71.9 cm³/mol. The van der Waals surface area contributed by atoms with Gasteiger partial charge in [-0.2, -0.15) is 0 Å². The molecule has 7 heteroatoms. The molecule has 1 amide bonds. The number of rotatable bonds is 3. The number of carbonyl (C=O) groups excluding carboxylic acids is 1. The van der Waals surface area contributed by atoms with E-state index in [4.69, 9.17) is 9.47 Å². The monoisotopic (exact) mass is 278 g/mol. The van der Waals surface area contributed by atoms with Gasteiger partial charge in [-0.1, -0.05) is 6.92 Å². The predicted octanol–water partition coefficient (Wildman–Crippen LogP) is 0.906. The van der Waals surface area contributed by atoms with Gasteiger partial charge in [0.05, 0.1) is 12.6 Å². The van der Waals surface area contributed by atoms with E-state index in [0.717, 1.165) is 12.2 Å². The molecule has 2 saturated heterocycles. The Kier molecular flexibility index (Phi) is 3.11. The number of fused-ring (bicyclic) bond motifs is 1. The second-order valence-electron chi connectivity index (χ2n) is 5.09. The molecular weight excluding hydrogens is 260 g/mol. The Morgan fingerprint density at radius 1 is 1.40 bits per heavy atom. The zero-order valence-electron chi connectivity index (χ0n) is 11.7. The van der Waals surface area contributed by atoms with Crippen molar-refractivity contribution < 1.29 is 14.3 Å². The SMILES string of the molecule is CCC12COC(=O)N1CCN(c1nccnc1OC)C2. The molecule has 0 bridgehead atoms. The molecule has 108 valence electrons. The summed E-state index contributed by atoms with van der Waals surface area (Å²) in [4.78, 5) is 24.3. The van der Waals surface area contributed by atoms with Gasteiger partial charge in [0.25, 0.3) is 5.88 Å². The number of nitrogens with zero attached hydrogens (tertiary/aromatic N) is 4. The van der Waals surface area contributed by atoms with Crippen LogP contribution in [0.5, 0.6) is 5.88 Å². The lowest BCUT2D eigenvalue weighted by Crippen LogP contribution is -2.61. The molecule has 7 nitrogen and oxygen atoms in total. The van der Waals surface area contributed by atoms with E-state index in [2.05, 4.69) is 21.8 Å². The zero-order chi connectivity index (χ0) is 14.2. The first-order valence-electron chi connectivity index (χ1n) is 6.74. The van der Waals surface area contributed by atoms with Crippen LogP contribution in [0, 0.1) is 0 Å². The van der Waals surface area contributed by atoms with E-state index in [1.165, 1.54) is 0 Å². The number of anilines is 1. The summed E-state index contributed by atoms with van der Waals surface area (Å²) in [6, 6.07) is 0. The molecule has 2 aliphatic heterocycles. The van der Waals surface area contributed by atoms with E-state index in [9.17, 15) is 4.79 Å². The molecule has 1 atom stereocenters. The standard InChI is InChI=1S/C13H18N4O3/c1-3-13-8-16(6-7-17(13)12(18)20-9-13)10-11(19-2)15-5-4-14-10/h4-5H,3,6-9H2,1-2H3. The van der Waals surface area contributed by atoms with Crippen LogP contribution in [0.15, 0.2) is 12.4 Å². The molecule has 0 spiro atoms. The largest absolute Gasteiger partial charge is 0.478 e. The second-order valence-corrected chi connectivity index (χ2v) is 5.09. The number of carbonyl (C=O) groups is 1. The maximum Gasteiger partial charge on any atom is 0.410 e. The minimum absolute atomic E-state index is 0.211. The number of hydrogen-bond acceptors (Lipinski definition) is 6. The average Bonchev–Trinajstić information content (AvgIpc) is 2.84. The fourth-order valence-corrected chi connectivity index (χ4v) is 2.92. The van der Waals surface area contributed by atoms with Crippen LogP contribution in [-0.2, 0) is 4.74 Å². The molecule has 2 aliphatic rings. The summed E-state index contributed by atoms with van der Waals surface area (Å²) >= 11 is 0. The third-order valence-corrected chi connectivity index (χ3v) is 4.13. The highest BCUT2D eigenvalue weighted by Crippen LogP contribution is 2.34. The molecule has 0 saturated carbocycles. The topological polar surface area (TPSA) is 67.8 Å². The third kappa shape index (κ3) is 1.85. The number of piperazine rings is 1. The Morgan fingerprint density at radius 3 is 2.95 bits per heavy atom. The molecule has 3 heterocycles. The van der Waals surface area contributed by atoms with Gasteiger partial charge in [-0.25, -0.2) is 14.8 Å². The molecule has 0 N–H and O–H groups in total. The Labute approximate surface area is 117 Å². The quantitative estimate of drug-likeness (QED) is 0.818. The van der Waals surface area contributed by atoms with Crippen molar-refractivity contribution in [2.24, 2.45) is 0 Å². The normalized spacial score (nSPS) is 25.4. The van der Waals surface area contributed by atoms with Gasteiger partial charge in [-0.3, -0.25) is 4.90 Å². The van der Waals surface area contributed by atoms with Crippen LogP contribution in [0.1, 0.15) is 13.3 Å². The molecule has 0 radical (unpaired) electrons. The number of amides is 1. The van der Waals surface area contributed by atoms with Crippen LogP contribution in [0.2, 0.25) is 0 Å². The molecule has 0 aromatic carbocycles. The van der Waals surface area contributed by atoms with E-state index in [1.807, 2.05) is 4.90 Å². The van der Waals surface area contributed by atoms with Crippen LogP contribution in [-0.4, -0.2) is 59.9 Å². The van der Waals surface area contributed by atoms with E-state index >= 15 is 0 Å². The second kappa shape index (κ2) is 4.81. The van der Waals surface area contributed by atoms with Gasteiger partial charge in [-0.15, -0.1) is 0 Å². The lowest BCUT2D eigenvalue weighted by atomic mass is 9.93. The van der Waals surface area contributed by atoms with E-state index in [0.29, 0.717) is 32.1 Å². The maximum atomic E-state index is 11.8. The highest BCUT2D eigenvalue weighted by molar-refractivity contribution is 5.72. The van der Waals surface area contributed by atoms with Gasteiger partial charge in [0.15, 0.2) is 5.82 Å². The molecule has 3 rings (SSSR count). The minimum atomic E-state index is -0.266. The smallest absolute Gasteiger partial charge is 0.410 e. The van der Waals surface area contributed by atoms with Crippen LogP contribution >= 0.6 is 0 Å². The Morgan fingerprint density at radius 2 is 2.20 bits per heavy atom. The van der Waals surface area contributed by atoms with E-state index in [-0.39, 0.29) is 11.6 Å². The summed E-state index contributed by atoms with van der Waals surface area (Å²) in [5.41, 5.74) is -0.266. The van der Waals surface area contributed by atoms with Crippen LogP contribution < -0.4 is 9.64 Å². The van der Waals surface area contributed by atoms with Gasteiger partial charge < -0.3 is 14.4 Å². The van der Waals surface area contributed by atoms with Crippen molar-refractivity contribution in [2.45, 2.75) is 18.9 Å². The van der Waals surface area contributed by atoms with Gasteiger partial charge in [0, 0.05) is 32.0 Å². The Hall–Kier alpha value is -2.05. The number of methoxy groups -OCH3 is 1. The number of ether oxygens (including phenoxy) is 2. The van der Waals surface area contributed by atoms with Crippen LogP contribution in [0.4, 0.5) is 10.6 Å². The molecule has 0 aliphatic carbocycles. The fourth-order valence-electron chi connectivity index (χ4n) is 2.92. The van der Waals surface area contributed by atoms with E-state index < -0.39 is 0 Å². The molecule has 1 aromatic rings. The average molecular weight is 278 g/mol. The third-order valence-electron chi connectivity index (χ3n) is 4.13. The molecule has 20 heavy (non-hydrogen) atoms. The number of aromatic nitrogens is 2. The minimum Gasteiger partial charge on any atom is -0.478 e. The molecule has 1 unspecified atom stereocenters. The molecule has 1 aromatic heterocycles. The first kappa shape index (κ1) is 13.0. The lowest BCUT2D eigenvalue weighted by molar-refractivity contribution is 0.137. The van der Waals surface area contributed by atoms with Crippen molar-refractivity contribution in [2.75, 3.05) is 38.3 Å². The highest BCUT2D eigenvalue weighted by Gasteiger charge is 2.50. The lowest BCUT2D eigenvalue weighted by Gasteiger charge is -2.44. The van der Waals surface area contributed by atoms with Crippen molar-refractivity contribution in [3.8, 4) is 5.88 Å². The molecular formula is C13H18N4O3. The Balaban J connectivity index is 1.89. The highest BCUT2D eigenvalue weighted by atomic mass is 16.6. The Bertz CT molecular complexity index is 524. The first-order valence-corrected chi connectivity index (χ1v) is 6.74.